The zero-order chi connectivity index (χ0) is 18.6. The van der Waals surface area contributed by atoms with Crippen LogP contribution in [-0.2, 0) is 4.79 Å². The lowest BCUT2D eigenvalue weighted by Gasteiger charge is -2.57. The van der Waals surface area contributed by atoms with Crippen LogP contribution in [0.5, 0.6) is 0 Å². The summed E-state index contributed by atoms with van der Waals surface area (Å²) in [6, 6.07) is 6.22. The van der Waals surface area contributed by atoms with Gasteiger partial charge in [-0.2, -0.15) is 5.26 Å². The minimum atomic E-state index is -0.0582. The SMILES string of the molecule is C[C@@H]1CN(c2cccnc2C#N)CCN1C(=O)C12CC3CC(CC(C3)C1)C2.Cl. The van der Waals surface area contributed by atoms with Crippen molar-refractivity contribution in [1.29, 1.82) is 5.26 Å². The average molecular weight is 401 g/mol. The van der Waals surface area contributed by atoms with Gasteiger partial charge in [-0.3, -0.25) is 4.79 Å². The second-order valence-corrected chi connectivity index (χ2v) is 9.47. The number of aromatic nitrogens is 1. The van der Waals surface area contributed by atoms with Crippen LogP contribution in [0.1, 0.15) is 51.1 Å². The Kier molecular flexibility index (Phi) is 5.03. The van der Waals surface area contributed by atoms with Gasteiger partial charge in [0.1, 0.15) is 6.07 Å². The molecule has 5 aliphatic rings. The molecule has 4 bridgehead atoms. The van der Waals surface area contributed by atoms with Crippen LogP contribution < -0.4 is 4.90 Å². The van der Waals surface area contributed by atoms with Crippen LogP contribution in [0.2, 0.25) is 0 Å². The molecular weight excluding hydrogens is 372 g/mol. The largest absolute Gasteiger partial charge is 0.365 e. The van der Waals surface area contributed by atoms with Gasteiger partial charge in [-0.05, 0) is 75.3 Å². The molecule has 0 radical (unpaired) electrons. The fourth-order valence-corrected chi connectivity index (χ4v) is 6.89. The maximum atomic E-state index is 13.7. The fraction of sp³-hybridized carbons (Fsp3) is 0.682. The first-order chi connectivity index (χ1) is 13.1. The molecule has 5 fully saturated rings. The third kappa shape index (κ3) is 3.06. The van der Waals surface area contributed by atoms with Crippen LogP contribution in [0.25, 0.3) is 0 Å². The second-order valence-electron chi connectivity index (χ2n) is 9.47. The Hall–Kier alpha value is -1.80. The van der Waals surface area contributed by atoms with Gasteiger partial charge in [0.05, 0.1) is 11.1 Å². The monoisotopic (exact) mass is 400 g/mol. The molecule has 1 saturated heterocycles. The molecule has 0 N–H and O–H groups in total. The predicted molar refractivity (Wildman–Crippen MR) is 110 cm³/mol. The number of pyridine rings is 1. The van der Waals surface area contributed by atoms with Crippen molar-refractivity contribution in [3.63, 3.8) is 0 Å². The van der Waals surface area contributed by atoms with Crippen molar-refractivity contribution in [2.45, 2.75) is 51.5 Å². The summed E-state index contributed by atoms with van der Waals surface area (Å²) < 4.78 is 0. The maximum Gasteiger partial charge on any atom is 0.229 e. The van der Waals surface area contributed by atoms with Crippen LogP contribution in [0.4, 0.5) is 5.69 Å². The second kappa shape index (κ2) is 7.22. The third-order valence-electron chi connectivity index (χ3n) is 7.61. The van der Waals surface area contributed by atoms with E-state index in [4.69, 9.17) is 0 Å². The van der Waals surface area contributed by atoms with Crippen molar-refractivity contribution < 1.29 is 4.79 Å². The van der Waals surface area contributed by atoms with Crippen molar-refractivity contribution in [3.8, 4) is 6.07 Å². The zero-order valence-electron chi connectivity index (χ0n) is 16.5. The number of hydrogen-bond donors (Lipinski definition) is 0. The highest BCUT2D eigenvalue weighted by molar-refractivity contribution is 5.85. The molecule has 1 aliphatic heterocycles. The minimum Gasteiger partial charge on any atom is -0.365 e. The number of piperazine rings is 1. The molecule has 6 rings (SSSR count). The molecule has 0 unspecified atom stereocenters. The van der Waals surface area contributed by atoms with Crippen LogP contribution in [-0.4, -0.2) is 41.5 Å². The van der Waals surface area contributed by atoms with E-state index in [-0.39, 0.29) is 23.9 Å². The normalized spacial score (nSPS) is 36.0. The Morgan fingerprint density at radius 1 is 1.18 bits per heavy atom. The molecule has 4 aliphatic carbocycles. The van der Waals surface area contributed by atoms with E-state index < -0.39 is 0 Å². The first kappa shape index (κ1) is 19.5. The number of hydrogen-bond acceptors (Lipinski definition) is 4. The van der Waals surface area contributed by atoms with Gasteiger partial charge < -0.3 is 9.80 Å². The number of carbonyl (C=O) groups excluding carboxylic acids is 1. The lowest BCUT2D eigenvalue weighted by atomic mass is 9.49. The first-order valence-electron chi connectivity index (χ1n) is 10.5. The summed E-state index contributed by atoms with van der Waals surface area (Å²) in [6.07, 6.45) is 9.16. The van der Waals surface area contributed by atoms with E-state index in [1.807, 2.05) is 12.1 Å². The van der Waals surface area contributed by atoms with Crippen molar-refractivity contribution in [3.05, 3.63) is 24.0 Å². The molecule has 2 heterocycles. The summed E-state index contributed by atoms with van der Waals surface area (Å²) in [4.78, 5) is 22.2. The van der Waals surface area contributed by atoms with Crippen molar-refractivity contribution in [1.82, 2.24) is 9.88 Å². The molecule has 1 amide bonds. The molecule has 28 heavy (non-hydrogen) atoms. The van der Waals surface area contributed by atoms with Crippen LogP contribution in [0, 0.1) is 34.5 Å². The molecule has 1 atom stereocenters. The van der Waals surface area contributed by atoms with Gasteiger partial charge in [0.15, 0.2) is 5.69 Å². The highest BCUT2D eigenvalue weighted by Gasteiger charge is 2.56. The number of nitriles is 1. The van der Waals surface area contributed by atoms with Crippen molar-refractivity contribution in [2.75, 3.05) is 24.5 Å². The fourth-order valence-electron chi connectivity index (χ4n) is 6.89. The first-order valence-corrected chi connectivity index (χ1v) is 10.5. The number of halogens is 1. The van der Waals surface area contributed by atoms with Gasteiger partial charge in [0, 0.05) is 31.9 Å². The summed E-state index contributed by atoms with van der Waals surface area (Å²) in [6.45, 7) is 4.47. The van der Waals surface area contributed by atoms with Crippen molar-refractivity contribution in [2.24, 2.45) is 23.2 Å². The van der Waals surface area contributed by atoms with Gasteiger partial charge in [-0.15, -0.1) is 12.4 Å². The van der Waals surface area contributed by atoms with Crippen LogP contribution in [0.3, 0.4) is 0 Å². The van der Waals surface area contributed by atoms with Gasteiger partial charge in [0.25, 0.3) is 0 Å². The Bertz CT molecular complexity index is 769. The number of rotatable bonds is 2. The maximum absolute atomic E-state index is 13.7. The highest BCUT2D eigenvalue weighted by atomic mass is 35.5. The molecule has 6 heteroatoms. The van der Waals surface area contributed by atoms with Crippen molar-refractivity contribution >= 4 is 24.0 Å². The molecule has 1 aromatic heterocycles. The summed E-state index contributed by atoms with van der Waals surface area (Å²) in [5, 5.41) is 9.35. The molecule has 1 aromatic rings. The summed E-state index contributed by atoms with van der Waals surface area (Å²) >= 11 is 0. The summed E-state index contributed by atoms with van der Waals surface area (Å²) in [5.74, 6) is 2.82. The Labute approximate surface area is 173 Å². The lowest BCUT2D eigenvalue weighted by Crippen LogP contribution is -2.61. The van der Waals surface area contributed by atoms with E-state index in [1.54, 1.807) is 6.20 Å². The topological polar surface area (TPSA) is 60.2 Å². The third-order valence-corrected chi connectivity index (χ3v) is 7.61. The van der Waals surface area contributed by atoms with E-state index in [1.165, 1.54) is 19.3 Å². The number of anilines is 1. The highest BCUT2D eigenvalue weighted by Crippen LogP contribution is 2.60. The summed E-state index contributed by atoms with van der Waals surface area (Å²) in [7, 11) is 0. The Morgan fingerprint density at radius 3 is 2.39 bits per heavy atom. The molecule has 5 nitrogen and oxygen atoms in total. The molecular formula is C22H29ClN4O. The van der Waals surface area contributed by atoms with Gasteiger partial charge in [-0.25, -0.2) is 4.98 Å². The van der Waals surface area contributed by atoms with E-state index >= 15 is 0 Å². The van der Waals surface area contributed by atoms with E-state index in [0.29, 0.717) is 11.6 Å². The van der Waals surface area contributed by atoms with Gasteiger partial charge >= 0.3 is 0 Å². The molecule has 150 valence electrons. The Balaban J connectivity index is 0.00000192. The van der Waals surface area contributed by atoms with E-state index in [0.717, 1.165) is 62.3 Å². The average Bonchev–Trinajstić information content (AvgIpc) is 2.66. The quantitative estimate of drug-likeness (QED) is 0.760. The van der Waals surface area contributed by atoms with E-state index in [2.05, 4.69) is 27.8 Å². The Morgan fingerprint density at radius 2 is 1.82 bits per heavy atom. The van der Waals surface area contributed by atoms with Gasteiger partial charge in [0.2, 0.25) is 5.91 Å². The van der Waals surface area contributed by atoms with Crippen LogP contribution in [0.15, 0.2) is 18.3 Å². The van der Waals surface area contributed by atoms with Crippen LogP contribution >= 0.6 is 12.4 Å². The molecule has 0 aromatic carbocycles. The van der Waals surface area contributed by atoms with E-state index in [9.17, 15) is 10.1 Å². The number of nitrogens with zero attached hydrogens (tertiary/aromatic N) is 4. The summed E-state index contributed by atoms with van der Waals surface area (Å²) in [5.41, 5.74) is 1.32. The zero-order valence-corrected chi connectivity index (χ0v) is 17.3. The lowest BCUT2D eigenvalue weighted by molar-refractivity contribution is -0.160. The molecule has 4 saturated carbocycles. The predicted octanol–water partition coefficient (Wildman–Crippen LogP) is 3.63. The molecule has 0 spiro atoms. The number of carbonyl (C=O) groups is 1. The minimum absolute atomic E-state index is 0. The van der Waals surface area contributed by atoms with Gasteiger partial charge in [-0.1, -0.05) is 0 Å². The smallest absolute Gasteiger partial charge is 0.229 e. The number of amides is 1. The standard InChI is InChI=1S/C22H28N4O.ClH/c1-15-14-25(20-3-2-4-24-19(20)13-23)5-6-26(15)21(27)22-10-16-7-17(11-22)9-18(8-16)12-22;/h2-4,15-18H,5-12,14H2,1H3;1H/t15-,16?,17?,18?,22?;/m1./s1.